The number of rotatable bonds is 6. The third kappa shape index (κ3) is 3.79. The lowest BCUT2D eigenvalue weighted by molar-refractivity contribution is 0.243. The zero-order valence-corrected chi connectivity index (χ0v) is 12.0. The van der Waals surface area contributed by atoms with Gasteiger partial charge < -0.3 is 5.73 Å². The third-order valence-electron chi connectivity index (χ3n) is 3.34. The average Bonchev–Trinajstić information content (AvgIpc) is 2.39. The summed E-state index contributed by atoms with van der Waals surface area (Å²) >= 11 is 0. The molecule has 0 bridgehead atoms. The van der Waals surface area contributed by atoms with Crippen molar-refractivity contribution in [2.45, 2.75) is 20.4 Å². The molecule has 0 atom stereocenters. The molecule has 0 saturated carbocycles. The number of hydrogen-bond donors (Lipinski definition) is 1. The first kappa shape index (κ1) is 14.0. The Kier molecular flexibility index (Phi) is 4.94. The summed E-state index contributed by atoms with van der Waals surface area (Å²) in [6, 6.07) is 15.1. The van der Waals surface area contributed by atoms with Crippen molar-refractivity contribution in [1.82, 2.24) is 4.90 Å². The summed E-state index contributed by atoms with van der Waals surface area (Å²) in [4.78, 5) is 2.45. The fourth-order valence-electron chi connectivity index (χ4n) is 2.61. The van der Waals surface area contributed by atoms with Crippen LogP contribution in [0.3, 0.4) is 0 Å². The van der Waals surface area contributed by atoms with Crippen LogP contribution in [0.1, 0.15) is 19.4 Å². The molecule has 0 aromatic heterocycles. The van der Waals surface area contributed by atoms with Crippen LogP contribution in [0.15, 0.2) is 42.5 Å². The van der Waals surface area contributed by atoms with Crippen molar-refractivity contribution in [3.05, 3.63) is 48.0 Å². The smallest absolute Gasteiger partial charge is 0.0240 e. The number of fused-ring (bicyclic) bond motifs is 1. The molecule has 0 aliphatic heterocycles. The molecule has 0 heterocycles. The van der Waals surface area contributed by atoms with Gasteiger partial charge >= 0.3 is 0 Å². The number of benzene rings is 2. The van der Waals surface area contributed by atoms with E-state index in [-0.39, 0.29) is 0 Å². The molecule has 0 fully saturated rings. The van der Waals surface area contributed by atoms with Crippen molar-refractivity contribution in [1.29, 1.82) is 0 Å². The van der Waals surface area contributed by atoms with E-state index in [0.29, 0.717) is 5.92 Å². The maximum atomic E-state index is 5.73. The van der Waals surface area contributed by atoms with Crippen LogP contribution in [0, 0.1) is 5.92 Å². The second kappa shape index (κ2) is 6.69. The molecular formula is C17H24N2. The van der Waals surface area contributed by atoms with Crippen molar-refractivity contribution in [3.63, 3.8) is 0 Å². The summed E-state index contributed by atoms with van der Waals surface area (Å²) in [5.74, 6) is 0.668. The lowest BCUT2D eigenvalue weighted by Gasteiger charge is -2.24. The zero-order valence-electron chi connectivity index (χ0n) is 12.0. The van der Waals surface area contributed by atoms with E-state index in [1.54, 1.807) is 0 Å². The van der Waals surface area contributed by atoms with E-state index in [4.69, 9.17) is 5.73 Å². The molecule has 0 spiro atoms. The van der Waals surface area contributed by atoms with Crippen molar-refractivity contribution in [2.24, 2.45) is 11.7 Å². The normalized spacial score (nSPS) is 11.6. The van der Waals surface area contributed by atoms with Crippen LogP contribution in [-0.4, -0.2) is 24.5 Å². The Bertz CT molecular complexity index is 514. The highest BCUT2D eigenvalue weighted by Crippen LogP contribution is 2.20. The van der Waals surface area contributed by atoms with Gasteiger partial charge in [0, 0.05) is 26.2 Å². The molecule has 0 amide bonds. The highest BCUT2D eigenvalue weighted by Gasteiger charge is 2.09. The van der Waals surface area contributed by atoms with E-state index >= 15 is 0 Å². The molecule has 102 valence electrons. The largest absolute Gasteiger partial charge is 0.329 e. The van der Waals surface area contributed by atoms with Crippen LogP contribution < -0.4 is 5.73 Å². The van der Waals surface area contributed by atoms with Crippen LogP contribution in [0.2, 0.25) is 0 Å². The maximum Gasteiger partial charge on any atom is 0.0240 e. The summed E-state index contributed by atoms with van der Waals surface area (Å²) in [6.45, 7) is 8.27. The molecule has 0 aliphatic carbocycles. The van der Waals surface area contributed by atoms with Gasteiger partial charge in [-0.15, -0.1) is 0 Å². The first-order chi connectivity index (χ1) is 9.20. The quantitative estimate of drug-likeness (QED) is 0.859. The van der Waals surface area contributed by atoms with E-state index in [9.17, 15) is 0 Å². The minimum atomic E-state index is 0.668. The molecule has 0 unspecified atom stereocenters. The van der Waals surface area contributed by atoms with Gasteiger partial charge in [0.2, 0.25) is 0 Å². The highest BCUT2D eigenvalue weighted by atomic mass is 15.1. The standard InChI is InChI=1S/C17H24N2/c1-14(2)12-19(11-10-18)13-16-8-5-7-15-6-3-4-9-17(15)16/h3-9,14H,10-13,18H2,1-2H3. The molecule has 0 radical (unpaired) electrons. The van der Waals surface area contributed by atoms with Gasteiger partial charge in [0.25, 0.3) is 0 Å². The van der Waals surface area contributed by atoms with Crippen LogP contribution in [-0.2, 0) is 6.54 Å². The zero-order chi connectivity index (χ0) is 13.7. The predicted octanol–water partition coefficient (Wildman–Crippen LogP) is 3.26. The van der Waals surface area contributed by atoms with Crippen molar-refractivity contribution >= 4 is 10.8 Å². The van der Waals surface area contributed by atoms with E-state index in [1.165, 1.54) is 16.3 Å². The minimum absolute atomic E-state index is 0.668. The van der Waals surface area contributed by atoms with E-state index < -0.39 is 0 Å². The molecule has 2 nitrogen and oxygen atoms in total. The molecule has 0 saturated heterocycles. The Morgan fingerprint density at radius 1 is 1.05 bits per heavy atom. The van der Waals surface area contributed by atoms with Crippen molar-refractivity contribution in [3.8, 4) is 0 Å². The topological polar surface area (TPSA) is 29.3 Å². The number of hydrogen-bond acceptors (Lipinski definition) is 2. The maximum absolute atomic E-state index is 5.73. The van der Waals surface area contributed by atoms with E-state index in [2.05, 4.69) is 61.2 Å². The Hall–Kier alpha value is -1.38. The van der Waals surface area contributed by atoms with E-state index in [1.807, 2.05) is 0 Å². The molecule has 2 aromatic carbocycles. The third-order valence-corrected chi connectivity index (χ3v) is 3.34. The predicted molar refractivity (Wildman–Crippen MR) is 83.1 cm³/mol. The molecule has 0 aliphatic rings. The molecule has 2 rings (SSSR count). The lowest BCUT2D eigenvalue weighted by Crippen LogP contribution is -2.32. The van der Waals surface area contributed by atoms with Crippen LogP contribution >= 0.6 is 0 Å². The second-order valence-electron chi connectivity index (χ2n) is 5.56. The Balaban J connectivity index is 2.23. The van der Waals surface area contributed by atoms with Crippen LogP contribution in [0.5, 0.6) is 0 Å². The van der Waals surface area contributed by atoms with Gasteiger partial charge in [-0.3, -0.25) is 4.90 Å². The summed E-state index contributed by atoms with van der Waals surface area (Å²) in [6.07, 6.45) is 0. The van der Waals surface area contributed by atoms with E-state index in [0.717, 1.165) is 26.2 Å². The monoisotopic (exact) mass is 256 g/mol. The highest BCUT2D eigenvalue weighted by molar-refractivity contribution is 5.85. The molecule has 2 heteroatoms. The second-order valence-corrected chi connectivity index (χ2v) is 5.56. The minimum Gasteiger partial charge on any atom is -0.329 e. The number of nitrogens with zero attached hydrogens (tertiary/aromatic N) is 1. The van der Waals surface area contributed by atoms with Crippen LogP contribution in [0.25, 0.3) is 10.8 Å². The fraction of sp³-hybridized carbons (Fsp3) is 0.412. The van der Waals surface area contributed by atoms with Gasteiger partial charge in [-0.1, -0.05) is 56.3 Å². The Morgan fingerprint density at radius 2 is 1.79 bits per heavy atom. The van der Waals surface area contributed by atoms with Gasteiger partial charge in [-0.25, -0.2) is 0 Å². The summed E-state index contributed by atoms with van der Waals surface area (Å²) in [5.41, 5.74) is 7.13. The van der Waals surface area contributed by atoms with Crippen molar-refractivity contribution in [2.75, 3.05) is 19.6 Å². The number of nitrogens with two attached hydrogens (primary N) is 1. The summed E-state index contributed by atoms with van der Waals surface area (Å²) < 4.78 is 0. The SMILES string of the molecule is CC(C)CN(CCN)Cc1cccc2ccccc12. The Labute approximate surface area is 116 Å². The fourth-order valence-corrected chi connectivity index (χ4v) is 2.61. The molecule has 19 heavy (non-hydrogen) atoms. The first-order valence-electron chi connectivity index (χ1n) is 7.09. The Morgan fingerprint density at radius 3 is 2.53 bits per heavy atom. The van der Waals surface area contributed by atoms with Gasteiger partial charge in [-0.05, 0) is 22.3 Å². The summed E-state index contributed by atoms with van der Waals surface area (Å²) in [5, 5.41) is 2.67. The molecule has 2 N–H and O–H groups in total. The summed E-state index contributed by atoms with van der Waals surface area (Å²) in [7, 11) is 0. The lowest BCUT2D eigenvalue weighted by atomic mass is 10.0. The van der Waals surface area contributed by atoms with Crippen molar-refractivity contribution < 1.29 is 0 Å². The van der Waals surface area contributed by atoms with Gasteiger partial charge in [-0.2, -0.15) is 0 Å². The molecule has 2 aromatic rings. The first-order valence-corrected chi connectivity index (χ1v) is 7.09. The van der Waals surface area contributed by atoms with Gasteiger partial charge in [0.15, 0.2) is 0 Å². The average molecular weight is 256 g/mol. The van der Waals surface area contributed by atoms with Crippen LogP contribution in [0.4, 0.5) is 0 Å². The molecular weight excluding hydrogens is 232 g/mol. The van der Waals surface area contributed by atoms with Gasteiger partial charge in [0.05, 0.1) is 0 Å². The van der Waals surface area contributed by atoms with Gasteiger partial charge in [0.1, 0.15) is 0 Å².